The van der Waals surface area contributed by atoms with Gasteiger partial charge in [0, 0.05) is 12.6 Å². The van der Waals surface area contributed by atoms with Crippen LogP contribution in [0.2, 0.25) is 0 Å². The first-order chi connectivity index (χ1) is 9.56. The highest BCUT2D eigenvalue weighted by atomic mass is 16.5. The summed E-state index contributed by atoms with van der Waals surface area (Å²) < 4.78 is 11.2. The predicted molar refractivity (Wildman–Crippen MR) is 83.6 cm³/mol. The van der Waals surface area contributed by atoms with E-state index >= 15 is 0 Å². The van der Waals surface area contributed by atoms with Crippen molar-refractivity contribution in [2.24, 2.45) is 5.73 Å². The number of nitrogens with zero attached hydrogens (tertiary/aromatic N) is 1. The van der Waals surface area contributed by atoms with Gasteiger partial charge in [0.25, 0.3) is 0 Å². The SMILES string of the molecule is CCC(N)Cc1ccc(OCCCN(C)C)c(OC)c1. The summed E-state index contributed by atoms with van der Waals surface area (Å²) >= 11 is 0. The van der Waals surface area contributed by atoms with E-state index in [-0.39, 0.29) is 6.04 Å². The quantitative estimate of drug-likeness (QED) is 0.705. The van der Waals surface area contributed by atoms with Crippen LogP contribution in [-0.2, 0) is 6.42 Å². The molecule has 0 aromatic heterocycles. The van der Waals surface area contributed by atoms with Gasteiger partial charge in [0.1, 0.15) is 0 Å². The maximum Gasteiger partial charge on any atom is 0.161 e. The maximum absolute atomic E-state index is 5.98. The fraction of sp³-hybridized carbons (Fsp3) is 0.625. The average Bonchev–Trinajstić information content (AvgIpc) is 2.44. The first kappa shape index (κ1) is 16.8. The molecule has 0 heterocycles. The van der Waals surface area contributed by atoms with Crippen molar-refractivity contribution in [1.29, 1.82) is 0 Å². The second-order valence-electron chi connectivity index (χ2n) is 5.36. The maximum atomic E-state index is 5.98. The van der Waals surface area contributed by atoms with Crippen molar-refractivity contribution in [3.8, 4) is 11.5 Å². The highest BCUT2D eigenvalue weighted by Crippen LogP contribution is 2.28. The number of methoxy groups -OCH3 is 1. The van der Waals surface area contributed by atoms with Gasteiger partial charge in [-0.05, 0) is 51.1 Å². The Labute approximate surface area is 122 Å². The molecule has 0 fully saturated rings. The van der Waals surface area contributed by atoms with Crippen LogP contribution in [-0.4, -0.2) is 45.3 Å². The van der Waals surface area contributed by atoms with Gasteiger partial charge >= 0.3 is 0 Å². The van der Waals surface area contributed by atoms with Crippen molar-refractivity contribution >= 4 is 0 Å². The molecular weight excluding hydrogens is 252 g/mol. The van der Waals surface area contributed by atoms with Gasteiger partial charge in [-0.2, -0.15) is 0 Å². The number of benzene rings is 1. The zero-order chi connectivity index (χ0) is 15.0. The number of nitrogens with two attached hydrogens (primary N) is 1. The third-order valence-electron chi connectivity index (χ3n) is 3.26. The van der Waals surface area contributed by atoms with Gasteiger partial charge in [0.05, 0.1) is 13.7 Å². The van der Waals surface area contributed by atoms with Gasteiger partial charge < -0.3 is 20.1 Å². The molecule has 0 saturated carbocycles. The highest BCUT2D eigenvalue weighted by Gasteiger charge is 2.08. The van der Waals surface area contributed by atoms with Gasteiger partial charge in [-0.1, -0.05) is 13.0 Å². The van der Waals surface area contributed by atoms with Crippen molar-refractivity contribution in [3.63, 3.8) is 0 Å². The van der Waals surface area contributed by atoms with Crippen LogP contribution in [0.4, 0.5) is 0 Å². The monoisotopic (exact) mass is 280 g/mol. The van der Waals surface area contributed by atoms with E-state index in [1.807, 2.05) is 12.1 Å². The molecule has 0 aliphatic rings. The molecule has 1 atom stereocenters. The normalized spacial score (nSPS) is 12.5. The molecule has 1 unspecified atom stereocenters. The number of hydrogen-bond acceptors (Lipinski definition) is 4. The highest BCUT2D eigenvalue weighted by molar-refractivity contribution is 5.43. The zero-order valence-electron chi connectivity index (χ0n) is 13.2. The lowest BCUT2D eigenvalue weighted by molar-refractivity contribution is 0.268. The van der Waals surface area contributed by atoms with Crippen LogP contribution in [0.1, 0.15) is 25.3 Å². The molecule has 4 nitrogen and oxygen atoms in total. The third kappa shape index (κ3) is 5.80. The molecule has 20 heavy (non-hydrogen) atoms. The largest absolute Gasteiger partial charge is 0.493 e. The molecule has 0 aliphatic heterocycles. The van der Waals surface area contributed by atoms with E-state index in [2.05, 4.69) is 32.0 Å². The fourth-order valence-corrected chi connectivity index (χ4v) is 1.97. The minimum absolute atomic E-state index is 0.201. The standard InChI is InChI=1S/C16H28N2O2/c1-5-14(17)11-13-7-8-15(16(12-13)19-4)20-10-6-9-18(2)3/h7-8,12,14H,5-6,9-11,17H2,1-4H3. The van der Waals surface area contributed by atoms with Crippen LogP contribution < -0.4 is 15.2 Å². The van der Waals surface area contributed by atoms with Crippen LogP contribution in [0.25, 0.3) is 0 Å². The van der Waals surface area contributed by atoms with Crippen LogP contribution in [0.5, 0.6) is 11.5 Å². The Hall–Kier alpha value is -1.26. The summed E-state index contributed by atoms with van der Waals surface area (Å²) in [6, 6.07) is 6.27. The van der Waals surface area contributed by atoms with Gasteiger partial charge in [-0.25, -0.2) is 0 Å². The van der Waals surface area contributed by atoms with E-state index in [1.165, 1.54) is 5.56 Å². The van der Waals surface area contributed by atoms with E-state index in [0.29, 0.717) is 6.61 Å². The van der Waals surface area contributed by atoms with Crippen LogP contribution in [0, 0.1) is 0 Å². The Morgan fingerprint density at radius 3 is 2.60 bits per heavy atom. The second-order valence-corrected chi connectivity index (χ2v) is 5.36. The predicted octanol–water partition coefficient (Wildman–Crippen LogP) is 2.31. The lowest BCUT2D eigenvalue weighted by atomic mass is 10.0. The Kier molecular flexibility index (Phi) is 7.41. The summed E-state index contributed by atoms with van der Waals surface area (Å²) in [7, 11) is 5.80. The molecule has 1 aromatic rings. The average molecular weight is 280 g/mol. The van der Waals surface area contributed by atoms with E-state index in [9.17, 15) is 0 Å². The first-order valence-electron chi connectivity index (χ1n) is 7.26. The van der Waals surface area contributed by atoms with Crippen molar-refractivity contribution in [3.05, 3.63) is 23.8 Å². The molecule has 2 N–H and O–H groups in total. The fourth-order valence-electron chi connectivity index (χ4n) is 1.97. The first-order valence-corrected chi connectivity index (χ1v) is 7.26. The second kappa shape index (κ2) is 8.82. The summed E-state index contributed by atoms with van der Waals surface area (Å²) in [5.74, 6) is 1.59. The summed E-state index contributed by atoms with van der Waals surface area (Å²) in [6.45, 7) is 3.82. The van der Waals surface area contributed by atoms with Crippen LogP contribution >= 0.6 is 0 Å². The lowest BCUT2D eigenvalue weighted by Gasteiger charge is -2.15. The summed E-state index contributed by atoms with van der Waals surface area (Å²) in [4.78, 5) is 2.15. The molecule has 1 aromatic carbocycles. The molecular formula is C16H28N2O2. The Morgan fingerprint density at radius 2 is 2.00 bits per heavy atom. The van der Waals surface area contributed by atoms with E-state index in [4.69, 9.17) is 15.2 Å². The minimum Gasteiger partial charge on any atom is -0.493 e. The van der Waals surface area contributed by atoms with Gasteiger partial charge in [0.2, 0.25) is 0 Å². The van der Waals surface area contributed by atoms with E-state index in [1.54, 1.807) is 7.11 Å². The van der Waals surface area contributed by atoms with Gasteiger partial charge in [0.15, 0.2) is 11.5 Å². The number of hydrogen-bond donors (Lipinski definition) is 1. The van der Waals surface area contributed by atoms with Crippen LogP contribution in [0.3, 0.4) is 0 Å². The topological polar surface area (TPSA) is 47.7 Å². The molecule has 0 radical (unpaired) electrons. The zero-order valence-corrected chi connectivity index (χ0v) is 13.2. The molecule has 0 amide bonds. The smallest absolute Gasteiger partial charge is 0.161 e. The van der Waals surface area contributed by atoms with Gasteiger partial charge in [-0.15, -0.1) is 0 Å². The van der Waals surface area contributed by atoms with E-state index in [0.717, 1.165) is 37.3 Å². The molecule has 1 rings (SSSR count). The van der Waals surface area contributed by atoms with Gasteiger partial charge in [-0.3, -0.25) is 0 Å². The number of rotatable bonds is 9. The molecule has 0 aliphatic carbocycles. The minimum atomic E-state index is 0.201. The molecule has 0 spiro atoms. The molecule has 114 valence electrons. The van der Waals surface area contributed by atoms with Crippen molar-refractivity contribution in [2.45, 2.75) is 32.2 Å². The molecule has 4 heteroatoms. The molecule has 0 saturated heterocycles. The summed E-state index contributed by atoms with van der Waals surface area (Å²) in [6.07, 6.45) is 2.84. The van der Waals surface area contributed by atoms with Crippen molar-refractivity contribution < 1.29 is 9.47 Å². The Balaban J connectivity index is 2.58. The van der Waals surface area contributed by atoms with Crippen molar-refractivity contribution in [2.75, 3.05) is 34.4 Å². The molecule has 0 bridgehead atoms. The summed E-state index contributed by atoms with van der Waals surface area (Å²) in [5.41, 5.74) is 7.18. The third-order valence-corrected chi connectivity index (χ3v) is 3.26. The Bertz CT molecular complexity index is 394. The van der Waals surface area contributed by atoms with Crippen molar-refractivity contribution in [1.82, 2.24) is 4.90 Å². The van der Waals surface area contributed by atoms with E-state index < -0.39 is 0 Å². The summed E-state index contributed by atoms with van der Waals surface area (Å²) in [5, 5.41) is 0. The van der Waals surface area contributed by atoms with Crippen LogP contribution in [0.15, 0.2) is 18.2 Å². The Morgan fingerprint density at radius 1 is 1.25 bits per heavy atom. The lowest BCUT2D eigenvalue weighted by Crippen LogP contribution is -2.21. The number of ether oxygens (including phenoxy) is 2.